The Labute approximate surface area is 103 Å². The number of rotatable bonds is 2. The number of nitrogens with zero attached hydrogens (tertiary/aromatic N) is 2. The van der Waals surface area contributed by atoms with Gasteiger partial charge in [-0.1, -0.05) is 13.8 Å². The van der Waals surface area contributed by atoms with Crippen molar-refractivity contribution < 1.29 is 19.5 Å². The lowest BCUT2D eigenvalue weighted by atomic mass is 10.00. The molecule has 1 aromatic rings. The molecule has 1 aromatic heterocycles. The molecular weight excluding hydrogens is 236 g/mol. The zero-order chi connectivity index (χ0) is 13.4. The summed E-state index contributed by atoms with van der Waals surface area (Å²) >= 11 is 0. The number of hydrogen-bond donors (Lipinski definition) is 1. The van der Waals surface area contributed by atoms with Gasteiger partial charge in [-0.15, -0.1) is 0 Å². The standard InChI is InChI=1S/C12H12N2O4/c1-6-7(2)11(16)14(10(6)15)9-3-8(12(17)18)4-13-5-9/h3-7H,1-2H3,(H,17,18). The van der Waals surface area contributed by atoms with Crippen LogP contribution >= 0.6 is 0 Å². The molecule has 2 heterocycles. The summed E-state index contributed by atoms with van der Waals surface area (Å²) in [5.41, 5.74) is 0.154. The van der Waals surface area contributed by atoms with Gasteiger partial charge in [-0.3, -0.25) is 14.6 Å². The van der Waals surface area contributed by atoms with Crippen molar-refractivity contribution in [2.75, 3.05) is 4.90 Å². The topological polar surface area (TPSA) is 87.6 Å². The first kappa shape index (κ1) is 12.2. The number of carboxylic acid groups (broad SMARTS) is 1. The highest BCUT2D eigenvalue weighted by Gasteiger charge is 2.43. The first-order chi connectivity index (χ1) is 8.43. The summed E-state index contributed by atoms with van der Waals surface area (Å²) in [6.07, 6.45) is 2.48. The molecule has 6 heteroatoms. The molecule has 1 N–H and O–H groups in total. The van der Waals surface area contributed by atoms with Crippen LogP contribution in [0.25, 0.3) is 0 Å². The van der Waals surface area contributed by atoms with Crippen molar-refractivity contribution in [3.05, 3.63) is 24.0 Å². The second kappa shape index (κ2) is 4.21. The van der Waals surface area contributed by atoms with Gasteiger partial charge in [0.1, 0.15) is 0 Å². The highest BCUT2D eigenvalue weighted by Crippen LogP contribution is 2.30. The normalized spacial score (nSPS) is 23.6. The number of aromatic carboxylic acids is 1. The molecule has 0 bridgehead atoms. The van der Waals surface area contributed by atoms with Crippen molar-refractivity contribution in [1.82, 2.24) is 4.98 Å². The van der Waals surface area contributed by atoms with Crippen LogP contribution in [0.2, 0.25) is 0 Å². The number of carboxylic acids is 1. The van der Waals surface area contributed by atoms with Crippen molar-refractivity contribution in [2.24, 2.45) is 11.8 Å². The van der Waals surface area contributed by atoms with Gasteiger partial charge in [-0.25, -0.2) is 9.69 Å². The predicted molar refractivity (Wildman–Crippen MR) is 62.0 cm³/mol. The Bertz CT molecular complexity index is 521. The van der Waals surface area contributed by atoms with Crippen LogP contribution < -0.4 is 4.90 Å². The molecule has 2 rings (SSSR count). The zero-order valence-corrected chi connectivity index (χ0v) is 9.95. The summed E-state index contributed by atoms with van der Waals surface area (Å²) < 4.78 is 0. The Morgan fingerprint density at radius 3 is 2.28 bits per heavy atom. The molecule has 2 amide bonds. The minimum Gasteiger partial charge on any atom is -0.478 e. The van der Waals surface area contributed by atoms with E-state index in [2.05, 4.69) is 4.98 Å². The van der Waals surface area contributed by atoms with E-state index in [0.717, 1.165) is 4.90 Å². The SMILES string of the molecule is CC1C(=O)N(c2cncc(C(=O)O)c2)C(=O)C1C. The van der Waals surface area contributed by atoms with E-state index in [1.165, 1.54) is 18.5 Å². The molecule has 1 aliphatic heterocycles. The molecule has 1 aliphatic rings. The maximum absolute atomic E-state index is 11.9. The Kier molecular flexibility index (Phi) is 2.86. The fraction of sp³-hybridized carbons (Fsp3) is 0.333. The number of pyridine rings is 1. The quantitative estimate of drug-likeness (QED) is 0.786. The highest BCUT2D eigenvalue weighted by molar-refractivity contribution is 6.21. The smallest absolute Gasteiger partial charge is 0.337 e. The zero-order valence-electron chi connectivity index (χ0n) is 9.95. The molecule has 2 unspecified atom stereocenters. The number of amides is 2. The van der Waals surface area contributed by atoms with Gasteiger partial charge in [-0.05, 0) is 6.07 Å². The fourth-order valence-electron chi connectivity index (χ4n) is 1.87. The fourth-order valence-corrected chi connectivity index (χ4v) is 1.87. The Hall–Kier alpha value is -2.24. The average Bonchev–Trinajstić information content (AvgIpc) is 2.54. The lowest BCUT2D eigenvalue weighted by molar-refractivity contribution is -0.122. The summed E-state index contributed by atoms with van der Waals surface area (Å²) in [5.74, 6) is -2.59. The largest absolute Gasteiger partial charge is 0.478 e. The number of hydrogen-bond acceptors (Lipinski definition) is 4. The summed E-state index contributed by atoms with van der Waals surface area (Å²) in [4.78, 5) is 39.5. The summed E-state index contributed by atoms with van der Waals surface area (Å²) in [6.45, 7) is 3.36. The molecule has 6 nitrogen and oxygen atoms in total. The first-order valence-electron chi connectivity index (χ1n) is 5.49. The third-order valence-electron chi connectivity index (χ3n) is 3.20. The molecule has 0 spiro atoms. The molecule has 0 radical (unpaired) electrons. The Morgan fingerprint density at radius 2 is 1.78 bits per heavy atom. The van der Waals surface area contributed by atoms with Gasteiger partial charge in [-0.2, -0.15) is 0 Å². The maximum Gasteiger partial charge on any atom is 0.337 e. The average molecular weight is 248 g/mol. The molecule has 1 saturated heterocycles. The molecule has 94 valence electrons. The summed E-state index contributed by atoms with van der Waals surface area (Å²) in [7, 11) is 0. The third kappa shape index (κ3) is 1.75. The monoisotopic (exact) mass is 248 g/mol. The second-order valence-electron chi connectivity index (χ2n) is 4.33. The van der Waals surface area contributed by atoms with Gasteiger partial charge >= 0.3 is 5.97 Å². The van der Waals surface area contributed by atoms with Crippen molar-refractivity contribution in [3.63, 3.8) is 0 Å². The number of carbonyl (C=O) groups excluding carboxylic acids is 2. The number of anilines is 1. The van der Waals surface area contributed by atoms with Crippen LogP contribution in [-0.2, 0) is 9.59 Å². The summed E-state index contributed by atoms with van der Waals surface area (Å²) in [6, 6.07) is 1.27. The van der Waals surface area contributed by atoms with Gasteiger partial charge in [0, 0.05) is 18.0 Å². The van der Waals surface area contributed by atoms with Crippen molar-refractivity contribution in [2.45, 2.75) is 13.8 Å². The van der Waals surface area contributed by atoms with Crippen molar-refractivity contribution in [1.29, 1.82) is 0 Å². The van der Waals surface area contributed by atoms with E-state index in [1.807, 2.05) is 0 Å². The van der Waals surface area contributed by atoms with Gasteiger partial charge in [0.05, 0.1) is 17.4 Å². The maximum atomic E-state index is 11.9. The van der Waals surface area contributed by atoms with E-state index in [1.54, 1.807) is 13.8 Å². The van der Waals surface area contributed by atoms with Gasteiger partial charge in [0.15, 0.2) is 0 Å². The predicted octanol–water partition coefficient (Wildman–Crippen LogP) is 0.925. The molecule has 1 fully saturated rings. The lowest BCUT2D eigenvalue weighted by Gasteiger charge is -2.14. The van der Waals surface area contributed by atoms with Gasteiger partial charge < -0.3 is 5.11 Å². The van der Waals surface area contributed by atoms with E-state index >= 15 is 0 Å². The molecular formula is C12H12N2O4. The summed E-state index contributed by atoms with van der Waals surface area (Å²) in [5, 5.41) is 8.86. The Balaban J connectivity index is 2.43. The molecule has 0 aliphatic carbocycles. The van der Waals surface area contributed by atoms with Gasteiger partial charge in [0.2, 0.25) is 11.8 Å². The number of aromatic nitrogens is 1. The van der Waals surface area contributed by atoms with Crippen LogP contribution in [0.15, 0.2) is 18.5 Å². The highest BCUT2D eigenvalue weighted by atomic mass is 16.4. The van der Waals surface area contributed by atoms with E-state index in [9.17, 15) is 14.4 Å². The van der Waals surface area contributed by atoms with E-state index < -0.39 is 17.8 Å². The van der Waals surface area contributed by atoms with Crippen LogP contribution in [0.3, 0.4) is 0 Å². The first-order valence-corrected chi connectivity index (χ1v) is 5.49. The minimum absolute atomic E-state index is 0.0553. The molecule has 0 saturated carbocycles. The Morgan fingerprint density at radius 1 is 1.22 bits per heavy atom. The number of imide groups is 1. The van der Waals surface area contributed by atoms with E-state index in [-0.39, 0.29) is 23.1 Å². The molecule has 0 aromatic carbocycles. The van der Waals surface area contributed by atoms with Crippen molar-refractivity contribution in [3.8, 4) is 0 Å². The van der Waals surface area contributed by atoms with Gasteiger partial charge in [0.25, 0.3) is 0 Å². The molecule has 18 heavy (non-hydrogen) atoms. The lowest BCUT2D eigenvalue weighted by Crippen LogP contribution is -2.30. The van der Waals surface area contributed by atoms with Crippen LogP contribution in [-0.4, -0.2) is 27.9 Å². The van der Waals surface area contributed by atoms with E-state index in [4.69, 9.17) is 5.11 Å². The van der Waals surface area contributed by atoms with Crippen LogP contribution in [0.1, 0.15) is 24.2 Å². The van der Waals surface area contributed by atoms with Crippen LogP contribution in [0.4, 0.5) is 5.69 Å². The third-order valence-corrected chi connectivity index (χ3v) is 3.20. The van der Waals surface area contributed by atoms with Crippen LogP contribution in [0, 0.1) is 11.8 Å². The van der Waals surface area contributed by atoms with Crippen molar-refractivity contribution >= 4 is 23.5 Å². The second-order valence-corrected chi connectivity index (χ2v) is 4.33. The molecule has 2 atom stereocenters. The number of carbonyl (C=O) groups is 3. The van der Waals surface area contributed by atoms with Crippen LogP contribution in [0.5, 0.6) is 0 Å². The van der Waals surface area contributed by atoms with E-state index in [0.29, 0.717) is 0 Å². The minimum atomic E-state index is -1.15.